The van der Waals surface area contributed by atoms with Crippen LogP contribution in [0.15, 0.2) is 24.3 Å². The number of nitrogens with zero attached hydrogens (tertiary/aromatic N) is 1. The van der Waals surface area contributed by atoms with E-state index >= 15 is 0 Å². The third-order valence-corrected chi connectivity index (χ3v) is 9.01. The summed E-state index contributed by atoms with van der Waals surface area (Å²) in [4.78, 5) is 25.1. The highest BCUT2D eigenvalue weighted by Crippen LogP contribution is 2.14. The minimum absolute atomic E-state index is 0. The Morgan fingerprint density at radius 3 is 1.29 bits per heavy atom. The van der Waals surface area contributed by atoms with Crippen LogP contribution in [0.3, 0.4) is 0 Å². The largest absolute Gasteiger partial charge is 1.00 e. The van der Waals surface area contributed by atoms with E-state index in [1.165, 1.54) is 135 Å². The van der Waals surface area contributed by atoms with Gasteiger partial charge in [0.15, 0.2) is 6.10 Å². The van der Waals surface area contributed by atoms with Crippen LogP contribution in [0.25, 0.3) is 0 Å². The normalized spacial score (nSPS) is 12.4. The van der Waals surface area contributed by atoms with E-state index in [0.29, 0.717) is 24.1 Å². The number of ether oxygens (including phenoxy) is 2. The maximum atomic E-state index is 12.6. The number of quaternary nitrogens is 1. The quantitative estimate of drug-likeness (QED) is 0.0208. The SMILES string of the molecule is CCCCCCCC/C=C\CCCCCCCCOC(=O)CC(C[N+](C)(C)C)OC(=O)CCCCCCC/C=C\CCCCCCCC.[I-]. The van der Waals surface area contributed by atoms with E-state index in [1.54, 1.807) is 0 Å². The van der Waals surface area contributed by atoms with E-state index < -0.39 is 6.10 Å². The molecule has 6 heteroatoms. The van der Waals surface area contributed by atoms with Gasteiger partial charge in [0.2, 0.25) is 0 Å². The first-order valence-corrected chi connectivity index (χ1v) is 20.7. The Kier molecular flexibility index (Phi) is 39.3. The Balaban J connectivity index is 0. The number of hydrogen-bond acceptors (Lipinski definition) is 4. The third-order valence-electron chi connectivity index (χ3n) is 9.01. The van der Waals surface area contributed by atoms with Crippen molar-refractivity contribution in [1.82, 2.24) is 0 Å². The van der Waals surface area contributed by atoms with Crippen LogP contribution in [0.1, 0.15) is 200 Å². The molecule has 0 aliphatic heterocycles. The summed E-state index contributed by atoms with van der Waals surface area (Å²) in [5.41, 5.74) is 0. The van der Waals surface area contributed by atoms with Crippen LogP contribution in [-0.4, -0.2) is 56.8 Å². The molecule has 0 fully saturated rings. The van der Waals surface area contributed by atoms with Gasteiger partial charge in [-0.25, -0.2) is 0 Å². The van der Waals surface area contributed by atoms with Crippen LogP contribution in [-0.2, 0) is 19.1 Å². The van der Waals surface area contributed by atoms with E-state index in [-0.39, 0.29) is 42.3 Å². The van der Waals surface area contributed by atoms with Crippen molar-refractivity contribution in [3.63, 3.8) is 0 Å². The highest BCUT2D eigenvalue weighted by molar-refractivity contribution is 5.72. The highest BCUT2D eigenvalue weighted by atomic mass is 127. The van der Waals surface area contributed by atoms with Gasteiger partial charge in [0.1, 0.15) is 6.54 Å². The van der Waals surface area contributed by atoms with Gasteiger partial charge in [-0.05, 0) is 64.2 Å². The summed E-state index contributed by atoms with van der Waals surface area (Å²) in [6.45, 7) is 5.59. The molecular formula is C43H82INO4. The number of carbonyl (C=O) groups excluding carboxylic acids is 2. The van der Waals surface area contributed by atoms with Gasteiger partial charge in [-0.15, -0.1) is 0 Å². The summed E-state index contributed by atoms with van der Waals surface area (Å²) in [5.74, 6) is -0.442. The monoisotopic (exact) mass is 804 g/mol. The number of unbranched alkanes of at least 4 members (excludes halogenated alkanes) is 23. The first-order chi connectivity index (χ1) is 23.3. The highest BCUT2D eigenvalue weighted by Gasteiger charge is 2.25. The van der Waals surface area contributed by atoms with E-state index in [9.17, 15) is 9.59 Å². The van der Waals surface area contributed by atoms with Gasteiger partial charge in [-0.1, -0.05) is 147 Å². The van der Waals surface area contributed by atoms with Gasteiger partial charge in [0.25, 0.3) is 0 Å². The topological polar surface area (TPSA) is 52.6 Å². The molecule has 0 N–H and O–H groups in total. The molecule has 0 bridgehead atoms. The second-order valence-electron chi connectivity index (χ2n) is 15.3. The number of hydrogen-bond donors (Lipinski definition) is 0. The Bertz CT molecular complexity index is 776. The molecule has 0 rings (SSSR count). The molecule has 0 aliphatic carbocycles. The lowest BCUT2D eigenvalue weighted by Gasteiger charge is -2.28. The first kappa shape index (κ1) is 50.2. The van der Waals surface area contributed by atoms with Gasteiger partial charge in [-0.3, -0.25) is 9.59 Å². The zero-order chi connectivity index (χ0) is 35.4. The molecular weight excluding hydrogens is 721 g/mol. The molecule has 0 spiro atoms. The number of halogens is 1. The molecule has 290 valence electrons. The molecule has 1 unspecified atom stereocenters. The van der Waals surface area contributed by atoms with Crippen LogP contribution in [0.5, 0.6) is 0 Å². The second kappa shape index (κ2) is 38.3. The lowest BCUT2D eigenvalue weighted by atomic mass is 10.1. The van der Waals surface area contributed by atoms with Gasteiger partial charge in [0.05, 0.1) is 34.2 Å². The summed E-state index contributed by atoms with van der Waals surface area (Å²) in [6, 6.07) is 0. The lowest BCUT2D eigenvalue weighted by Crippen LogP contribution is -3.00. The van der Waals surface area contributed by atoms with Crippen molar-refractivity contribution in [3.8, 4) is 0 Å². The summed E-state index contributed by atoms with van der Waals surface area (Å²) in [7, 11) is 6.17. The number of carbonyl (C=O) groups is 2. The summed E-state index contributed by atoms with van der Waals surface area (Å²) in [6.07, 6.45) is 43.3. The Morgan fingerprint density at radius 1 is 0.510 bits per heavy atom. The van der Waals surface area contributed by atoms with Crippen molar-refractivity contribution in [2.75, 3.05) is 34.3 Å². The molecule has 0 heterocycles. The second-order valence-corrected chi connectivity index (χ2v) is 15.3. The number of esters is 2. The van der Waals surface area contributed by atoms with Crippen molar-refractivity contribution < 1.29 is 47.5 Å². The molecule has 0 saturated carbocycles. The fourth-order valence-electron chi connectivity index (χ4n) is 6.12. The molecule has 0 amide bonds. The van der Waals surface area contributed by atoms with Crippen LogP contribution < -0.4 is 24.0 Å². The third kappa shape index (κ3) is 41.4. The molecule has 0 radical (unpaired) electrons. The molecule has 5 nitrogen and oxygen atoms in total. The number of likely N-dealkylation sites (N-methyl/N-ethyl adjacent to an activating group) is 1. The molecule has 0 aromatic carbocycles. The van der Waals surface area contributed by atoms with Gasteiger partial charge < -0.3 is 37.9 Å². The van der Waals surface area contributed by atoms with Gasteiger partial charge in [0, 0.05) is 6.42 Å². The van der Waals surface area contributed by atoms with Gasteiger partial charge >= 0.3 is 11.9 Å². The molecule has 0 saturated heterocycles. The minimum Gasteiger partial charge on any atom is -1.00 e. The Morgan fingerprint density at radius 2 is 0.878 bits per heavy atom. The fraction of sp³-hybridized carbons (Fsp3) is 0.860. The van der Waals surface area contributed by atoms with Crippen molar-refractivity contribution in [3.05, 3.63) is 24.3 Å². The van der Waals surface area contributed by atoms with Crippen molar-refractivity contribution in [2.45, 2.75) is 206 Å². The summed E-state index contributed by atoms with van der Waals surface area (Å²) < 4.78 is 11.9. The first-order valence-electron chi connectivity index (χ1n) is 20.7. The van der Waals surface area contributed by atoms with Crippen LogP contribution in [0.4, 0.5) is 0 Å². The maximum Gasteiger partial charge on any atom is 0.309 e. The van der Waals surface area contributed by atoms with E-state index in [2.05, 4.69) is 59.3 Å². The molecule has 1 atom stereocenters. The number of allylic oxidation sites excluding steroid dienone is 4. The van der Waals surface area contributed by atoms with Crippen LogP contribution in [0, 0.1) is 0 Å². The zero-order valence-corrected chi connectivity index (χ0v) is 35.4. The predicted octanol–water partition coefficient (Wildman–Crippen LogP) is 9.62. The van der Waals surface area contributed by atoms with E-state index in [4.69, 9.17) is 9.47 Å². The smallest absolute Gasteiger partial charge is 0.309 e. The van der Waals surface area contributed by atoms with Crippen LogP contribution in [0.2, 0.25) is 0 Å². The molecule has 0 aliphatic rings. The average Bonchev–Trinajstić information content (AvgIpc) is 3.03. The van der Waals surface area contributed by atoms with Crippen molar-refractivity contribution in [1.29, 1.82) is 0 Å². The standard InChI is InChI=1S/C43H82NO4.HI/c1-6-8-10-12-14-16-18-20-22-24-26-28-30-32-34-36-38-47-43(46)39-41(40-44(3,4)5)48-42(45)37-35-33-31-29-27-25-23-21-19-17-15-13-11-9-7-2;/h20-23,41H,6-19,24-40H2,1-5H3;1H/q+1;/p-1/b22-20-,23-21-;. The molecule has 0 aromatic heterocycles. The number of rotatable bonds is 36. The van der Waals surface area contributed by atoms with Crippen molar-refractivity contribution in [2.24, 2.45) is 0 Å². The van der Waals surface area contributed by atoms with Crippen molar-refractivity contribution >= 4 is 11.9 Å². The Labute approximate surface area is 322 Å². The van der Waals surface area contributed by atoms with Gasteiger partial charge in [-0.2, -0.15) is 0 Å². The van der Waals surface area contributed by atoms with Crippen LogP contribution >= 0.6 is 0 Å². The minimum atomic E-state index is -0.437. The Hall–Kier alpha value is -0.890. The molecule has 49 heavy (non-hydrogen) atoms. The average molecular weight is 804 g/mol. The summed E-state index contributed by atoms with van der Waals surface area (Å²) >= 11 is 0. The maximum absolute atomic E-state index is 12.6. The lowest BCUT2D eigenvalue weighted by molar-refractivity contribution is -0.873. The zero-order valence-electron chi connectivity index (χ0n) is 33.3. The predicted molar refractivity (Wildman–Crippen MR) is 207 cm³/mol. The fourth-order valence-corrected chi connectivity index (χ4v) is 6.12. The van der Waals surface area contributed by atoms with E-state index in [0.717, 1.165) is 38.5 Å². The van der Waals surface area contributed by atoms with E-state index in [1.807, 2.05) is 0 Å². The summed E-state index contributed by atoms with van der Waals surface area (Å²) in [5, 5.41) is 0. The molecule has 0 aromatic rings.